The molecule has 0 aliphatic carbocycles. The molecular weight excluding hydrogens is 358 g/mol. The van der Waals surface area contributed by atoms with Crippen molar-refractivity contribution in [2.24, 2.45) is 0 Å². The zero-order valence-corrected chi connectivity index (χ0v) is 14.2. The fraction of sp³-hybridized carbons (Fsp3) is 0.500. The zero-order chi connectivity index (χ0) is 15.6. The van der Waals surface area contributed by atoms with Crippen LogP contribution >= 0.6 is 15.9 Å². The SMILES string of the molecule is Cc1cc(Br)c2c(c1)CCN(CCS(=O)(=O)CC(=O)O)C2. The van der Waals surface area contributed by atoms with Crippen LogP contribution in [0, 0.1) is 6.92 Å². The highest BCUT2D eigenvalue weighted by molar-refractivity contribution is 9.10. The van der Waals surface area contributed by atoms with Crippen molar-refractivity contribution in [3.8, 4) is 0 Å². The number of fused-ring (bicyclic) bond motifs is 1. The lowest BCUT2D eigenvalue weighted by atomic mass is 9.98. The van der Waals surface area contributed by atoms with Gasteiger partial charge in [-0.25, -0.2) is 8.42 Å². The van der Waals surface area contributed by atoms with E-state index in [-0.39, 0.29) is 5.75 Å². The van der Waals surface area contributed by atoms with Crippen molar-refractivity contribution in [1.82, 2.24) is 4.90 Å². The molecule has 0 radical (unpaired) electrons. The predicted octanol–water partition coefficient (Wildman–Crippen LogP) is 1.62. The molecule has 116 valence electrons. The molecule has 1 aliphatic heterocycles. The molecule has 1 N–H and O–H groups in total. The smallest absolute Gasteiger partial charge is 0.318 e. The van der Waals surface area contributed by atoms with E-state index in [9.17, 15) is 13.2 Å². The lowest BCUT2D eigenvalue weighted by Gasteiger charge is -2.29. The van der Waals surface area contributed by atoms with Crippen molar-refractivity contribution in [3.05, 3.63) is 33.3 Å². The van der Waals surface area contributed by atoms with Crippen LogP contribution in [-0.4, -0.2) is 49.0 Å². The molecule has 0 saturated heterocycles. The first-order valence-corrected chi connectivity index (χ1v) is 9.31. The van der Waals surface area contributed by atoms with Crippen LogP contribution in [0.4, 0.5) is 0 Å². The third-order valence-electron chi connectivity index (χ3n) is 3.57. The molecule has 0 atom stereocenters. The Hall–Kier alpha value is -0.920. The largest absolute Gasteiger partial charge is 0.480 e. The zero-order valence-electron chi connectivity index (χ0n) is 11.8. The van der Waals surface area contributed by atoms with Crippen molar-refractivity contribution >= 4 is 31.7 Å². The number of hydrogen-bond acceptors (Lipinski definition) is 4. The molecule has 1 aromatic rings. The minimum absolute atomic E-state index is 0.113. The quantitative estimate of drug-likeness (QED) is 0.845. The lowest BCUT2D eigenvalue weighted by Crippen LogP contribution is -2.35. The van der Waals surface area contributed by atoms with Crippen LogP contribution in [0.5, 0.6) is 0 Å². The van der Waals surface area contributed by atoms with Gasteiger partial charge in [0, 0.05) is 24.1 Å². The maximum absolute atomic E-state index is 11.6. The number of nitrogens with zero attached hydrogens (tertiary/aromatic N) is 1. The number of carbonyl (C=O) groups is 1. The van der Waals surface area contributed by atoms with Gasteiger partial charge in [0.15, 0.2) is 9.84 Å². The normalized spacial score (nSPS) is 15.7. The molecule has 0 spiro atoms. The van der Waals surface area contributed by atoms with Crippen molar-refractivity contribution in [1.29, 1.82) is 0 Å². The minimum atomic E-state index is -3.53. The van der Waals surface area contributed by atoms with Crippen molar-refractivity contribution < 1.29 is 18.3 Å². The molecule has 0 saturated carbocycles. The van der Waals surface area contributed by atoms with E-state index in [4.69, 9.17) is 5.11 Å². The van der Waals surface area contributed by atoms with E-state index >= 15 is 0 Å². The van der Waals surface area contributed by atoms with Crippen LogP contribution in [0.2, 0.25) is 0 Å². The predicted molar refractivity (Wildman–Crippen MR) is 84.1 cm³/mol. The Morgan fingerprint density at radius 3 is 2.81 bits per heavy atom. The molecule has 0 bridgehead atoms. The highest BCUT2D eigenvalue weighted by atomic mass is 79.9. The highest BCUT2D eigenvalue weighted by Crippen LogP contribution is 2.28. The van der Waals surface area contributed by atoms with Gasteiger partial charge in [-0.1, -0.05) is 22.0 Å². The summed E-state index contributed by atoms with van der Waals surface area (Å²) >= 11 is 3.56. The van der Waals surface area contributed by atoms with Crippen molar-refractivity contribution in [2.45, 2.75) is 19.9 Å². The first-order valence-electron chi connectivity index (χ1n) is 6.69. The molecule has 21 heavy (non-hydrogen) atoms. The second-order valence-corrected chi connectivity index (χ2v) is 8.43. The van der Waals surface area contributed by atoms with E-state index in [1.165, 1.54) is 16.7 Å². The molecule has 1 aromatic carbocycles. The summed E-state index contributed by atoms with van der Waals surface area (Å²) in [6.45, 7) is 3.91. The van der Waals surface area contributed by atoms with Crippen molar-refractivity contribution in [3.63, 3.8) is 0 Å². The summed E-state index contributed by atoms with van der Waals surface area (Å²) in [7, 11) is -3.53. The molecule has 2 rings (SSSR count). The molecule has 5 nitrogen and oxygen atoms in total. The molecule has 0 aromatic heterocycles. The number of carboxylic acids is 1. The van der Waals surface area contributed by atoms with Crippen LogP contribution < -0.4 is 0 Å². The van der Waals surface area contributed by atoms with Crippen LogP contribution in [0.1, 0.15) is 16.7 Å². The molecule has 0 fully saturated rings. The number of carboxylic acid groups (broad SMARTS) is 1. The van der Waals surface area contributed by atoms with Gasteiger partial charge in [0.1, 0.15) is 5.75 Å². The van der Waals surface area contributed by atoms with Gasteiger partial charge >= 0.3 is 5.97 Å². The van der Waals surface area contributed by atoms with Crippen LogP contribution in [0.15, 0.2) is 16.6 Å². The van der Waals surface area contributed by atoms with Gasteiger partial charge in [0.05, 0.1) is 5.75 Å². The Kier molecular flexibility index (Phi) is 5.06. The van der Waals surface area contributed by atoms with Crippen LogP contribution in [0.3, 0.4) is 0 Å². The first kappa shape index (κ1) is 16.5. The molecule has 7 heteroatoms. The summed E-state index contributed by atoms with van der Waals surface area (Å²) in [4.78, 5) is 12.6. The topological polar surface area (TPSA) is 74.7 Å². The van der Waals surface area contributed by atoms with Gasteiger partial charge in [-0.05, 0) is 36.1 Å². The van der Waals surface area contributed by atoms with Crippen LogP contribution in [0.25, 0.3) is 0 Å². The second kappa shape index (κ2) is 6.46. The number of aryl methyl sites for hydroxylation is 1. The Morgan fingerprint density at radius 2 is 2.14 bits per heavy atom. The van der Waals surface area contributed by atoms with Crippen molar-refractivity contribution in [2.75, 3.05) is 24.6 Å². The van der Waals surface area contributed by atoms with E-state index in [2.05, 4.69) is 39.9 Å². The number of aliphatic carboxylic acids is 1. The van der Waals surface area contributed by atoms with Gasteiger partial charge < -0.3 is 5.11 Å². The number of benzene rings is 1. The molecule has 0 amide bonds. The number of halogens is 1. The Labute approximate surface area is 133 Å². The highest BCUT2D eigenvalue weighted by Gasteiger charge is 2.22. The fourth-order valence-corrected chi connectivity index (χ4v) is 4.34. The Morgan fingerprint density at radius 1 is 1.43 bits per heavy atom. The molecule has 0 unspecified atom stereocenters. The number of rotatable bonds is 5. The molecule has 1 heterocycles. The summed E-state index contributed by atoms with van der Waals surface area (Å²) in [5.74, 6) is -2.20. The lowest BCUT2D eigenvalue weighted by molar-refractivity contribution is -0.134. The van der Waals surface area contributed by atoms with E-state index in [1.807, 2.05) is 0 Å². The van der Waals surface area contributed by atoms with E-state index in [1.54, 1.807) is 0 Å². The standard InChI is InChI=1S/C14H18BrNO4S/c1-10-6-11-2-3-16(8-12(11)13(15)7-10)4-5-21(19,20)9-14(17)18/h6-7H,2-5,8-9H2,1H3,(H,17,18). The maximum atomic E-state index is 11.6. The monoisotopic (exact) mass is 375 g/mol. The molecular formula is C14H18BrNO4S. The van der Waals surface area contributed by atoms with Gasteiger partial charge in [-0.3, -0.25) is 9.69 Å². The number of sulfone groups is 1. The maximum Gasteiger partial charge on any atom is 0.318 e. The van der Waals surface area contributed by atoms with Crippen LogP contribution in [-0.2, 0) is 27.6 Å². The van der Waals surface area contributed by atoms with E-state index in [0.29, 0.717) is 13.1 Å². The van der Waals surface area contributed by atoms with Gasteiger partial charge in [-0.15, -0.1) is 0 Å². The summed E-state index contributed by atoms with van der Waals surface area (Å²) < 4.78 is 24.3. The third-order valence-corrected chi connectivity index (χ3v) is 5.77. The third kappa shape index (κ3) is 4.52. The van der Waals surface area contributed by atoms with Gasteiger partial charge in [0.2, 0.25) is 0 Å². The summed E-state index contributed by atoms with van der Waals surface area (Å²) in [5.41, 5.74) is 3.70. The Bertz CT molecular complexity index is 657. The first-order chi connectivity index (χ1) is 9.77. The average Bonchev–Trinajstić information content (AvgIpc) is 2.35. The summed E-state index contributed by atoms with van der Waals surface area (Å²) in [5, 5.41) is 8.58. The number of hydrogen-bond donors (Lipinski definition) is 1. The second-order valence-electron chi connectivity index (χ2n) is 5.40. The fourth-order valence-electron chi connectivity index (χ4n) is 2.54. The Balaban J connectivity index is 2.01. The minimum Gasteiger partial charge on any atom is -0.480 e. The van der Waals surface area contributed by atoms with Gasteiger partial charge in [-0.2, -0.15) is 0 Å². The average molecular weight is 376 g/mol. The molecule has 1 aliphatic rings. The van der Waals surface area contributed by atoms with Gasteiger partial charge in [0.25, 0.3) is 0 Å². The van der Waals surface area contributed by atoms with E-state index < -0.39 is 21.6 Å². The van der Waals surface area contributed by atoms with E-state index in [0.717, 1.165) is 17.4 Å². The summed E-state index contributed by atoms with van der Waals surface area (Å²) in [6.07, 6.45) is 0.884. The summed E-state index contributed by atoms with van der Waals surface area (Å²) in [6, 6.07) is 4.22.